The van der Waals surface area contributed by atoms with E-state index in [2.05, 4.69) is 66.7 Å². The largest absolute Gasteiger partial charge is 0.481 e. The molecule has 0 heterocycles. The maximum atomic E-state index is 11.7. The minimum absolute atomic E-state index is 0.0423. The second-order valence-electron chi connectivity index (χ2n) is 13.7. The molecule has 2 heteroatoms. The van der Waals surface area contributed by atoms with Gasteiger partial charge in [-0.05, 0) is 39.9 Å². The molecule has 0 aromatic heterocycles. The van der Waals surface area contributed by atoms with Gasteiger partial charge in [-0.1, -0.05) is 169 Å². The van der Waals surface area contributed by atoms with Gasteiger partial charge in [0.05, 0.1) is 6.42 Å². The average molecular weight is 515 g/mol. The molecule has 1 unspecified atom stereocenters. The summed E-state index contributed by atoms with van der Waals surface area (Å²) in [5.41, 5.74) is 4.07. The number of carboxylic acids is 1. The Kier molecular flexibility index (Phi) is 16.5. The van der Waals surface area contributed by atoms with Crippen molar-refractivity contribution in [1.82, 2.24) is 0 Å². The third kappa shape index (κ3) is 15.0. The van der Waals surface area contributed by atoms with E-state index in [0.717, 1.165) is 12.8 Å². The summed E-state index contributed by atoms with van der Waals surface area (Å²) in [5.74, 6) is -0.571. The van der Waals surface area contributed by atoms with Crippen molar-refractivity contribution in [1.29, 1.82) is 0 Å². The predicted molar refractivity (Wildman–Crippen MR) is 163 cm³/mol. The highest BCUT2D eigenvalue weighted by molar-refractivity contribution is 5.68. The third-order valence-electron chi connectivity index (χ3n) is 7.96. The molecule has 0 spiro atoms. The summed E-state index contributed by atoms with van der Waals surface area (Å²) in [4.78, 5) is 11.7. The highest BCUT2D eigenvalue weighted by Gasteiger charge is 2.26. The molecule has 1 rings (SSSR count). The number of benzene rings is 1. The van der Waals surface area contributed by atoms with Crippen molar-refractivity contribution in [2.45, 2.75) is 181 Å². The van der Waals surface area contributed by atoms with E-state index in [1.165, 1.54) is 113 Å². The number of carbonyl (C=O) groups is 1. The topological polar surface area (TPSA) is 37.3 Å². The average Bonchev–Trinajstić information content (AvgIpc) is 2.81. The van der Waals surface area contributed by atoms with E-state index in [4.69, 9.17) is 0 Å². The number of hydrogen-bond acceptors (Lipinski definition) is 1. The van der Waals surface area contributed by atoms with Crippen molar-refractivity contribution in [3.63, 3.8) is 0 Å². The molecule has 0 saturated carbocycles. The van der Waals surface area contributed by atoms with E-state index in [1.807, 2.05) is 0 Å². The smallest absolute Gasteiger partial charge is 0.303 e. The molecule has 37 heavy (non-hydrogen) atoms. The lowest BCUT2D eigenvalue weighted by Gasteiger charge is -2.31. The van der Waals surface area contributed by atoms with Crippen molar-refractivity contribution >= 4 is 5.97 Å². The molecule has 0 amide bonds. The molecule has 0 bridgehead atoms. The van der Waals surface area contributed by atoms with Gasteiger partial charge < -0.3 is 5.11 Å². The zero-order valence-electron chi connectivity index (χ0n) is 25.9. The lowest BCUT2D eigenvalue weighted by atomic mass is 9.73. The SMILES string of the molecule is CCCCCCCCCCCCCCCCCCC(CC(=O)O)c1ccc(C(C)(C)C)c(C(C)(C)C)c1. The van der Waals surface area contributed by atoms with Gasteiger partial charge >= 0.3 is 5.97 Å². The van der Waals surface area contributed by atoms with Crippen LogP contribution >= 0.6 is 0 Å². The summed E-state index contributed by atoms with van der Waals surface area (Å²) in [6.07, 6.45) is 23.1. The summed E-state index contributed by atoms with van der Waals surface area (Å²) >= 11 is 0. The number of unbranched alkanes of at least 4 members (excludes halogenated alkanes) is 15. The monoisotopic (exact) mass is 514 g/mol. The fraction of sp³-hybridized carbons (Fsp3) is 0.800. The van der Waals surface area contributed by atoms with Gasteiger partial charge in [-0.25, -0.2) is 0 Å². The Hall–Kier alpha value is -1.31. The van der Waals surface area contributed by atoms with Crippen LogP contribution in [0.5, 0.6) is 0 Å². The Morgan fingerprint density at radius 1 is 0.649 bits per heavy atom. The van der Waals surface area contributed by atoms with E-state index in [-0.39, 0.29) is 23.2 Å². The van der Waals surface area contributed by atoms with Crippen LogP contribution in [0.2, 0.25) is 0 Å². The minimum Gasteiger partial charge on any atom is -0.481 e. The number of rotatable bonds is 20. The van der Waals surface area contributed by atoms with Gasteiger partial charge in [0.2, 0.25) is 0 Å². The van der Waals surface area contributed by atoms with Gasteiger partial charge in [0, 0.05) is 0 Å². The first-order valence-electron chi connectivity index (χ1n) is 15.8. The van der Waals surface area contributed by atoms with Crippen molar-refractivity contribution in [2.75, 3.05) is 0 Å². The number of aliphatic carboxylic acids is 1. The van der Waals surface area contributed by atoms with Crippen LogP contribution in [-0.2, 0) is 15.6 Å². The van der Waals surface area contributed by atoms with Crippen LogP contribution in [-0.4, -0.2) is 11.1 Å². The Bertz CT molecular complexity index is 735. The number of carboxylic acid groups (broad SMARTS) is 1. The molecule has 1 atom stereocenters. The zero-order chi connectivity index (χ0) is 27.7. The van der Waals surface area contributed by atoms with E-state index in [0.29, 0.717) is 0 Å². The number of hydrogen-bond donors (Lipinski definition) is 1. The maximum absolute atomic E-state index is 11.7. The third-order valence-corrected chi connectivity index (χ3v) is 7.96. The van der Waals surface area contributed by atoms with E-state index < -0.39 is 5.97 Å². The van der Waals surface area contributed by atoms with Crippen molar-refractivity contribution in [3.8, 4) is 0 Å². The van der Waals surface area contributed by atoms with Crippen LogP contribution < -0.4 is 0 Å². The summed E-state index contributed by atoms with van der Waals surface area (Å²) in [6.45, 7) is 15.9. The fourth-order valence-electron chi connectivity index (χ4n) is 5.63. The van der Waals surface area contributed by atoms with Crippen LogP contribution in [0.25, 0.3) is 0 Å². The Balaban J connectivity index is 2.35. The van der Waals surface area contributed by atoms with Crippen LogP contribution in [0.1, 0.15) is 187 Å². The molecule has 1 aromatic rings. The molecule has 0 saturated heterocycles. The molecular weight excluding hydrogens is 452 g/mol. The van der Waals surface area contributed by atoms with Gasteiger partial charge in [-0.15, -0.1) is 0 Å². The molecule has 2 nitrogen and oxygen atoms in total. The molecule has 0 aliphatic rings. The fourth-order valence-corrected chi connectivity index (χ4v) is 5.63. The molecule has 1 N–H and O–H groups in total. The molecule has 1 aromatic carbocycles. The standard InChI is InChI=1S/C35H62O2/c1-8-9-10-11-12-13-14-15-16-17-18-19-20-21-22-23-24-29(28-33(36)37)30-25-26-31(34(2,3)4)32(27-30)35(5,6)7/h25-27,29H,8-24,28H2,1-7H3,(H,36,37). The second-order valence-corrected chi connectivity index (χ2v) is 13.7. The summed E-state index contributed by atoms with van der Waals surface area (Å²) < 4.78 is 0. The first-order chi connectivity index (χ1) is 17.5. The predicted octanol–water partition coefficient (Wildman–Crippen LogP) is 11.5. The van der Waals surface area contributed by atoms with E-state index >= 15 is 0 Å². The quantitative estimate of drug-likeness (QED) is 0.176. The Labute approximate surface area is 231 Å². The highest BCUT2D eigenvalue weighted by Crippen LogP contribution is 2.37. The zero-order valence-corrected chi connectivity index (χ0v) is 25.9. The maximum Gasteiger partial charge on any atom is 0.303 e. The molecular formula is C35H62O2. The lowest BCUT2D eigenvalue weighted by Crippen LogP contribution is -2.22. The van der Waals surface area contributed by atoms with E-state index in [9.17, 15) is 9.90 Å². The van der Waals surface area contributed by atoms with Crippen LogP contribution in [0.3, 0.4) is 0 Å². The van der Waals surface area contributed by atoms with Gasteiger partial charge in [-0.3, -0.25) is 4.79 Å². The van der Waals surface area contributed by atoms with Crippen LogP contribution in [0, 0.1) is 0 Å². The summed E-state index contributed by atoms with van der Waals surface area (Å²) in [7, 11) is 0. The molecule has 0 aliphatic carbocycles. The lowest BCUT2D eigenvalue weighted by molar-refractivity contribution is -0.137. The summed E-state index contributed by atoms with van der Waals surface area (Å²) in [6, 6.07) is 6.79. The second kappa shape index (κ2) is 18.1. The summed E-state index contributed by atoms with van der Waals surface area (Å²) in [5, 5.41) is 9.59. The van der Waals surface area contributed by atoms with Crippen molar-refractivity contribution in [3.05, 3.63) is 34.9 Å². The molecule has 0 fully saturated rings. The van der Waals surface area contributed by atoms with Crippen molar-refractivity contribution in [2.24, 2.45) is 0 Å². The first kappa shape index (κ1) is 33.7. The molecule has 0 aliphatic heterocycles. The van der Waals surface area contributed by atoms with Crippen LogP contribution in [0.4, 0.5) is 0 Å². The van der Waals surface area contributed by atoms with Gasteiger partial charge in [0.25, 0.3) is 0 Å². The van der Waals surface area contributed by atoms with Gasteiger partial charge in [-0.2, -0.15) is 0 Å². The van der Waals surface area contributed by atoms with Gasteiger partial charge in [0.1, 0.15) is 0 Å². The van der Waals surface area contributed by atoms with Crippen molar-refractivity contribution < 1.29 is 9.90 Å². The van der Waals surface area contributed by atoms with Gasteiger partial charge in [0.15, 0.2) is 0 Å². The van der Waals surface area contributed by atoms with E-state index in [1.54, 1.807) is 0 Å². The Morgan fingerprint density at radius 3 is 1.43 bits per heavy atom. The molecule has 0 radical (unpaired) electrons. The molecule has 214 valence electrons. The minimum atomic E-state index is -0.682. The van der Waals surface area contributed by atoms with Crippen LogP contribution in [0.15, 0.2) is 18.2 Å². The highest BCUT2D eigenvalue weighted by atomic mass is 16.4. The first-order valence-corrected chi connectivity index (χ1v) is 15.8. The normalized spacial score (nSPS) is 13.2. The Morgan fingerprint density at radius 2 is 1.05 bits per heavy atom.